The summed E-state index contributed by atoms with van der Waals surface area (Å²) in [5.74, 6) is 0. The summed E-state index contributed by atoms with van der Waals surface area (Å²) in [6.45, 7) is 9.03. The Labute approximate surface area is 379 Å². The molecule has 0 fully saturated rings. The van der Waals surface area contributed by atoms with Gasteiger partial charge in [0.25, 0.3) is 0 Å². The topological polar surface area (TPSA) is 90.6 Å². The highest BCUT2D eigenvalue weighted by atomic mass is 14.7. The van der Waals surface area contributed by atoms with Gasteiger partial charge in [0, 0.05) is 59.5 Å². The highest BCUT2D eigenvalue weighted by Gasteiger charge is 2.45. The fourth-order valence-corrected chi connectivity index (χ4v) is 10.8. The van der Waals surface area contributed by atoms with E-state index in [4.69, 9.17) is 6.57 Å². The lowest BCUT2D eigenvalue weighted by Gasteiger charge is -2.20. The highest BCUT2D eigenvalue weighted by molar-refractivity contribution is 6.31. The van der Waals surface area contributed by atoms with Gasteiger partial charge in [0.1, 0.15) is 12.1 Å². The minimum Gasteiger partial charge on any atom is -0.265 e. The summed E-state index contributed by atoms with van der Waals surface area (Å²) in [5, 5.41) is 29.4. The van der Waals surface area contributed by atoms with E-state index in [0.29, 0.717) is 16.8 Å². The van der Waals surface area contributed by atoms with Crippen LogP contribution < -0.4 is 0 Å². The zero-order valence-electron chi connectivity index (χ0n) is 35.0. The van der Waals surface area contributed by atoms with Crippen molar-refractivity contribution in [2.45, 2.75) is 0 Å². The third-order valence-corrected chi connectivity index (χ3v) is 13.5. The minimum atomic E-state index is 0.491. The molecule has 10 aromatic rings. The van der Waals surface area contributed by atoms with Gasteiger partial charge in [0.05, 0.1) is 17.7 Å². The van der Waals surface area contributed by atoms with Crippen molar-refractivity contribution in [2.75, 3.05) is 0 Å². The Morgan fingerprint density at radius 2 is 0.652 bits per heavy atom. The quantitative estimate of drug-likeness (QED) is 0.131. The largest absolute Gasteiger partial charge is 0.265 e. The zero-order chi connectivity index (χ0) is 44.0. The van der Waals surface area contributed by atoms with Crippen molar-refractivity contribution in [3.8, 4) is 45.5 Å². The summed E-state index contributed by atoms with van der Waals surface area (Å²) in [7, 11) is 0. The first kappa shape index (κ1) is 37.1. The third kappa shape index (κ3) is 5.17. The monoisotopic (exact) mass is 834 g/mol. The molecule has 0 radical (unpaired) electrons. The lowest BCUT2D eigenvalue weighted by Crippen LogP contribution is -2.00. The lowest BCUT2D eigenvalue weighted by atomic mass is 9.81. The van der Waals surface area contributed by atoms with Crippen molar-refractivity contribution in [3.63, 3.8) is 0 Å². The molecule has 0 saturated heterocycles. The summed E-state index contributed by atoms with van der Waals surface area (Å²) < 4.78 is 0. The average molecular weight is 835 g/mol. The second kappa shape index (κ2) is 14.2. The molecule has 0 N–H and O–H groups in total. The van der Waals surface area contributed by atoms with E-state index >= 15 is 0 Å². The highest BCUT2D eigenvalue weighted by Crippen LogP contribution is 2.66. The number of hydrogen-bond acceptors (Lipinski definition) is 5. The molecular weight excluding hydrogens is 805 g/mol. The van der Waals surface area contributed by atoms with Crippen LogP contribution in [0.25, 0.3) is 104 Å². The van der Waals surface area contributed by atoms with Gasteiger partial charge < -0.3 is 0 Å². The maximum atomic E-state index is 11.5. The molecule has 3 heterocycles. The smallest absolute Gasteiger partial charge is 0.202 e. The predicted octanol–water partition coefficient (Wildman–Crippen LogP) is 14.1. The Morgan fingerprint density at radius 1 is 0.364 bits per heavy atom. The van der Waals surface area contributed by atoms with Gasteiger partial charge in [-0.05, 0) is 183 Å². The van der Waals surface area contributed by atoms with E-state index in [1.54, 1.807) is 37.2 Å². The molecule has 0 amide bonds. The van der Waals surface area contributed by atoms with Crippen molar-refractivity contribution in [2.24, 2.45) is 0 Å². The molecule has 0 spiro atoms. The Hall–Kier alpha value is -9.54. The van der Waals surface area contributed by atoms with Gasteiger partial charge in [-0.3, -0.25) is 15.0 Å². The fourth-order valence-electron chi connectivity index (χ4n) is 10.8. The van der Waals surface area contributed by atoms with Crippen molar-refractivity contribution < 1.29 is 0 Å². The van der Waals surface area contributed by atoms with E-state index in [1.165, 1.54) is 0 Å². The van der Waals surface area contributed by atoms with E-state index in [2.05, 4.69) is 123 Å². The molecule has 6 heteroatoms. The van der Waals surface area contributed by atoms with Crippen LogP contribution in [-0.4, -0.2) is 15.0 Å². The van der Waals surface area contributed by atoms with Crippen LogP contribution >= 0.6 is 0 Å². The maximum absolute atomic E-state index is 11.5. The van der Waals surface area contributed by atoms with Crippen LogP contribution in [0.1, 0.15) is 50.1 Å². The fraction of sp³-hybridized carbons (Fsp3) is 0. The molecule has 300 valence electrons. The summed E-state index contributed by atoms with van der Waals surface area (Å²) in [4.78, 5) is 17.5. The molecule has 0 unspecified atom stereocenters. The number of allylic oxidation sites excluding steroid dienone is 2. The standard InChI is InChI=1S/C60H30N6/c1-63-60(36-18-24-66-25-19-36)56-48-31-42-13-7-6-12-41(42)30-47(48)55-58-51(49(32-61)34-14-20-64-21-15-34)43-26-37-8-2-4-10-39(37)28-45(43)53(58)57-52(50(33-62)35-16-22-65-23-17-35)44-27-38-9-3-5-11-40(38)29-46(44)54(57)59(55)56/h2-31H/b51-49+,52-50+,60-56-. The molecule has 13 rings (SSSR count). The van der Waals surface area contributed by atoms with Crippen LogP contribution in [0.3, 0.4) is 0 Å². The third-order valence-electron chi connectivity index (χ3n) is 13.5. The number of nitriles is 2. The Morgan fingerprint density at radius 3 is 0.970 bits per heavy atom. The van der Waals surface area contributed by atoms with Crippen molar-refractivity contribution in [3.05, 3.63) is 244 Å². The number of pyridine rings is 3. The van der Waals surface area contributed by atoms with Crippen molar-refractivity contribution in [1.82, 2.24) is 15.0 Å². The molecule has 66 heavy (non-hydrogen) atoms. The van der Waals surface area contributed by atoms with Gasteiger partial charge in [0.2, 0.25) is 5.70 Å². The van der Waals surface area contributed by atoms with Gasteiger partial charge in [-0.2, -0.15) is 10.5 Å². The van der Waals surface area contributed by atoms with Gasteiger partial charge in [0.15, 0.2) is 0 Å². The van der Waals surface area contributed by atoms with Crippen LogP contribution in [-0.2, 0) is 0 Å². The lowest BCUT2D eigenvalue weighted by molar-refractivity contribution is 1.32. The molecule has 3 aliphatic rings. The predicted molar refractivity (Wildman–Crippen MR) is 264 cm³/mol. The SMILES string of the molecule is [C-]#[N+]/C(=C1/c2cc3ccccc3cc2-c2c3c(c4c(c21)-c1cc2ccccc2cc1/C4=C(/C#N)c1ccncc1)-c1cc2ccccc2cc1/C3=C(/C#N)c1ccncc1)c1ccncc1. The maximum Gasteiger partial charge on any atom is 0.202 e. The van der Waals surface area contributed by atoms with Gasteiger partial charge >= 0.3 is 0 Å². The first-order valence-corrected chi connectivity index (χ1v) is 21.6. The molecule has 3 aromatic heterocycles. The van der Waals surface area contributed by atoms with Crippen molar-refractivity contribution in [1.29, 1.82) is 10.5 Å². The number of nitrogens with zero attached hydrogens (tertiary/aromatic N) is 6. The minimum absolute atomic E-state index is 0.491. The molecule has 0 atom stereocenters. The van der Waals surface area contributed by atoms with Crippen LogP contribution in [0.2, 0.25) is 0 Å². The zero-order valence-corrected chi connectivity index (χ0v) is 35.0. The number of benzene rings is 7. The van der Waals surface area contributed by atoms with Crippen LogP contribution in [0, 0.1) is 29.2 Å². The molecule has 7 aromatic carbocycles. The Balaban J connectivity index is 1.35. The second-order valence-corrected chi connectivity index (χ2v) is 16.8. The first-order chi connectivity index (χ1) is 32.6. The van der Waals surface area contributed by atoms with E-state index < -0.39 is 0 Å². The Bertz CT molecular complexity index is 3610. The molecular formula is C60H30N6. The van der Waals surface area contributed by atoms with Gasteiger partial charge in [-0.15, -0.1) is 0 Å². The van der Waals surface area contributed by atoms with Crippen LogP contribution in [0.15, 0.2) is 183 Å². The molecule has 6 nitrogen and oxygen atoms in total. The normalized spacial score (nSPS) is 14.9. The van der Waals surface area contributed by atoms with E-state index in [1.807, 2.05) is 54.6 Å². The van der Waals surface area contributed by atoms with Gasteiger partial charge in [-0.25, -0.2) is 4.85 Å². The average Bonchev–Trinajstić information content (AvgIpc) is 3.98. The van der Waals surface area contributed by atoms with E-state index in [9.17, 15) is 10.5 Å². The molecule has 0 saturated carbocycles. The molecule has 3 aliphatic carbocycles. The Kier molecular flexibility index (Phi) is 8.00. The summed E-state index contributed by atoms with van der Waals surface area (Å²) in [6.07, 6.45) is 10.4. The van der Waals surface area contributed by atoms with E-state index in [0.717, 1.165) is 132 Å². The number of hydrogen-bond donors (Lipinski definition) is 0. The molecule has 0 aliphatic heterocycles. The number of fused-ring (bicyclic) bond motifs is 15. The summed E-state index contributed by atoms with van der Waals surface area (Å²) >= 11 is 0. The summed E-state index contributed by atoms with van der Waals surface area (Å²) in [5.41, 5.74) is 17.4. The number of aromatic nitrogens is 3. The first-order valence-electron chi connectivity index (χ1n) is 21.6. The van der Waals surface area contributed by atoms with Crippen molar-refractivity contribution >= 4 is 65.9 Å². The second-order valence-electron chi connectivity index (χ2n) is 16.8. The van der Waals surface area contributed by atoms with Crippen LogP contribution in [0.4, 0.5) is 0 Å². The number of rotatable bonds is 3. The summed E-state index contributed by atoms with van der Waals surface area (Å²) in [6, 6.07) is 55.3. The van der Waals surface area contributed by atoms with E-state index in [-0.39, 0.29) is 0 Å². The van der Waals surface area contributed by atoms with Crippen LogP contribution in [0.5, 0.6) is 0 Å². The molecule has 0 bridgehead atoms. The van der Waals surface area contributed by atoms with Gasteiger partial charge in [-0.1, -0.05) is 72.8 Å².